The van der Waals surface area contributed by atoms with E-state index in [0.717, 1.165) is 17.7 Å². The highest BCUT2D eigenvalue weighted by molar-refractivity contribution is 7.09. The van der Waals surface area contributed by atoms with Crippen LogP contribution in [0.15, 0.2) is 35.7 Å². The molecule has 3 heteroatoms. The summed E-state index contributed by atoms with van der Waals surface area (Å²) in [6, 6.07) is 11.0. The number of aryl methyl sites for hydroxylation is 1. The molecule has 0 bridgehead atoms. The fourth-order valence-corrected chi connectivity index (χ4v) is 2.82. The van der Waals surface area contributed by atoms with E-state index in [9.17, 15) is 0 Å². The van der Waals surface area contributed by atoms with Gasteiger partial charge in [0.2, 0.25) is 0 Å². The highest BCUT2D eigenvalue weighted by Crippen LogP contribution is 2.23. The van der Waals surface area contributed by atoms with Crippen LogP contribution < -0.4 is 10.6 Å². The lowest BCUT2D eigenvalue weighted by Gasteiger charge is -2.27. The van der Waals surface area contributed by atoms with E-state index in [0.29, 0.717) is 6.04 Å². The molecule has 96 valence electrons. The Bertz CT molecular complexity index is 505. The standard InChI is InChI=1S/C15H20N2S/c1-11-9-13(6-7-15(11)16)17(3)12(2)10-14-5-4-8-18-14/h4-9,12H,10,16H2,1-3H3. The van der Waals surface area contributed by atoms with Crippen molar-refractivity contribution in [3.63, 3.8) is 0 Å². The third-order valence-electron chi connectivity index (χ3n) is 3.40. The monoisotopic (exact) mass is 260 g/mol. The maximum atomic E-state index is 5.86. The first kappa shape index (κ1) is 13.0. The number of anilines is 2. The smallest absolute Gasteiger partial charge is 0.0370 e. The van der Waals surface area contributed by atoms with Gasteiger partial charge in [-0.25, -0.2) is 0 Å². The van der Waals surface area contributed by atoms with Crippen molar-refractivity contribution < 1.29 is 0 Å². The molecule has 18 heavy (non-hydrogen) atoms. The molecule has 0 spiro atoms. The number of likely N-dealkylation sites (N-methyl/N-ethyl adjacent to an activating group) is 1. The van der Waals surface area contributed by atoms with Crippen molar-refractivity contribution in [3.8, 4) is 0 Å². The summed E-state index contributed by atoms with van der Waals surface area (Å²) in [5.41, 5.74) is 9.09. The second kappa shape index (κ2) is 5.44. The molecule has 0 aliphatic rings. The molecule has 1 unspecified atom stereocenters. The van der Waals surface area contributed by atoms with Crippen LogP contribution >= 0.6 is 11.3 Å². The molecule has 2 nitrogen and oxygen atoms in total. The van der Waals surface area contributed by atoms with E-state index >= 15 is 0 Å². The van der Waals surface area contributed by atoms with Crippen molar-refractivity contribution >= 4 is 22.7 Å². The number of benzene rings is 1. The zero-order chi connectivity index (χ0) is 13.1. The van der Waals surface area contributed by atoms with Crippen LogP contribution in [0.5, 0.6) is 0 Å². The van der Waals surface area contributed by atoms with Crippen LogP contribution in [0.4, 0.5) is 11.4 Å². The Kier molecular flexibility index (Phi) is 3.92. The summed E-state index contributed by atoms with van der Waals surface area (Å²) in [5, 5.41) is 2.13. The predicted molar refractivity (Wildman–Crippen MR) is 81.5 cm³/mol. The largest absolute Gasteiger partial charge is 0.399 e. The fraction of sp³-hybridized carbons (Fsp3) is 0.333. The van der Waals surface area contributed by atoms with Gasteiger partial charge in [0.05, 0.1) is 0 Å². The van der Waals surface area contributed by atoms with Gasteiger partial charge < -0.3 is 10.6 Å². The first-order valence-corrected chi connectivity index (χ1v) is 7.07. The van der Waals surface area contributed by atoms with E-state index < -0.39 is 0 Å². The van der Waals surface area contributed by atoms with Crippen LogP contribution in [0.3, 0.4) is 0 Å². The van der Waals surface area contributed by atoms with Gasteiger partial charge in [0.15, 0.2) is 0 Å². The van der Waals surface area contributed by atoms with Crippen LogP contribution in [0.2, 0.25) is 0 Å². The summed E-state index contributed by atoms with van der Waals surface area (Å²) < 4.78 is 0. The van der Waals surface area contributed by atoms with Gasteiger partial charge in [-0.3, -0.25) is 0 Å². The summed E-state index contributed by atoms with van der Waals surface area (Å²) in [5.74, 6) is 0. The zero-order valence-electron chi connectivity index (χ0n) is 11.2. The Balaban J connectivity index is 2.10. The molecule has 0 aliphatic heterocycles. The number of nitrogens with two attached hydrogens (primary N) is 1. The van der Waals surface area contributed by atoms with Gasteiger partial charge in [-0.15, -0.1) is 11.3 Å². The first-order chi connectivity index (χ1) is 8.58. The second-order valence-electron chi connectivity index (χ2n) is 4.78. The minimum atomic E-state index is 0.478. The van der Waals surface area contributed by atoms with Crippen LogP contribution in [0.1, 0.15) is 17.4 Å². The summed E-state index contributed by atoms with van der Waals surface area (Å²) >= 11 is 1.82. The molecule has 0 aliphatic carbocycles. The zero-order valence-corrected chi connectivity index (χ0v) is 12.0. The Morgan fingerprint density at radius 3 is 2.72 bits per heavy atom. The normalized spacial score (nSPS) is 12.4. The van der Waals surface area contributed by atoms with Crippen LogP contribution in [0, 0.1) is 6.92 Å². The van der Waals surface area contributed by atoms with Crippen molar-refractivity contribution in [1.82, 2.24) is 0 Å². The Morgan fingerprint density at radius 1 is 1.33 bits per heavy atom. The lowest BCUT2D eigenvalue weighted by atomic mass is 10.1. The number of thiophene rings is 1. The van der Waals surface area contributed by atoms with E-state index in [1.54, 1.807) is 0 Å². The van der Waals surface area contributed by atoms with E-state index in [-0.39, 0.29) is 0 Å². The van der Waals surface area contributed by atoms with Crippen LogP contribution in [-0.2, 0) is 6.42 Å². The number of hydrogen-bond donors (Lipinski definition) is 1. The van der Waals surface area contributed by atoms with Gasteiger partial charge in [-0.2, -0.15) is 0 Å². The average molecular weight is 260 g/mol. The van der Waals surface area contributed by atoms with Crippen molar-refractivity contribution in [3.05, 3.63) is 46.2 Å². The lowest BCUT2D eigenvalue weighted by molar-refractivity contribution is 0.688. The maximum absolute atomic E-state index is 5.86. The lowest BCUT2D eigenvalue weighted by Crippen LogP contribution is -2.30. The third kappa shape index (κ3) is 2.85. The Labute approximate surface area is 113 Å². The van der Waals surface area contributed by atoms with Crippen molar-refractivity contribution in [2.45, 2.75) is 26.3 Å². The van der Waals surface area contributed by atoms with Crippen molar-refractivity contribution in [1.29, 1.82) is 0 Å². The van der Waals surface area contributed by atoms with Gasteiger partial charge in [-0.1, -0.05) is 6.07 Å². The van der Waals surface area contributed by atoms with Gasteiger partial charge in [-0.05, 0) is 49.1 Å². The molecular weight excluding hydrogens is 240 g/mol. The molecule has 2 N–H and O–H groups in total. The quantitative estimate of drug-likeness (QED) is 0.849. The molecule has 0 fully saturated rings. The second-order valence-corrected chi connectivity index (χ2v) is 5.82. The van der Waals surface area contributed by atoms with Crippen molar-refractivity contribution in [2.75, 3.05) is 17.7 Å². The summed E-state index contributed by atoms with van der Waals surface area (Å²) in [6.45, 7) is 4.31. The van der Waals surface area contributed by atoms with Crippen LogP contribution in [-0.4, -0.2) is 13.1 Å². The molecule has 0 amide bonds. The van der Waals surface area contributed by atoms with E-state index in [1.165, 1.54) is 10.6 Å². The highest BCUT2D eigenvalue weighted by Gasteiger charge is 2.11. The molecule has 1 aromatic carbocycles. The van der Waals surface area contributed by atoms with Gasteiger partial charge in [0.25, 0.3) is 0 Å². The average Bonchev–Trinajstić information content (AvgIpc) is 2.84. The van der Waals surface area contributed by atoms with Gasteiger partial charge in [0, 0.05) is 35.8 Å². The highest BCUT2D eigenvalue weighted by atomic mass is 32.1. The molecule has 0 saturated carbocycles. The third-order valence-corrected chi connectivity index (χ3v) is 4.30. The van der Waals surface area contributed by atoms with E-state index in [1.807, 2.05) is 17.4 Å². The Morgan fingerprint density at radius 2 is 2.11 bits per heavy atom. The summed E-state index contributed by atoms with van der Waals surface area (Å²) in [7, 11) is 2.14. The number of hydrogen-bond acceptors (Lipinski definition) is 3. The molecule has 2 aromatic rings. The fourth-order valence-electron chi connectivity index (χ4n) is 1.99. The molecular formula is C15H20N2S. The molecule has 0 saturated heterocycles. The molecule has 1 aromatic heterocycles. The number of rotatable bonds is 4. The summed E-state index contributed by atoms with van der Waals surface area (Å²) in [6.07, 6.45) is 1.08. The van der Waals surface area contributed by atoms with Crippen LogP contribution in [0.25, 0.3) is 0 Å². The maximum Gasteiger partial charge on any atom is 0.0370 e. The minimum absolute atomic E-state index is 0.478. The molecule has 1 atom stereocenters. The minimum Gasteiger partial charge on any atom is -0.399 e. The SMILES string of the molecule is Cc1cc(N(C)C(C)Cc2cccs2)ccc1N. The number of nitrogens with zero attached hydrogens (tertiary/aromatic N) is 1. The number of nitrogen functional groups attached to an aromatic ring is 1. The van der Waals surface area contributed by atoms with Crippen molar-refractivity contribution in [2.24, 2.45) is 0 Å². The first-order valence-electron chi connectivity index (χ1n) is 6.19. The Hall–Kier alpha value is -1.48. The summed E-state index contributed by atoms with van der Waals surface area (Å²) in [4.78, 5) is 3.74. The predicted octanol–water partition coefficient (Wildman–Crippen LogP) is 3.71. The molecule has 0 radical (unpaired) electrons. The van der Waals surface area contributed by atoms with Gasteiger partial charge in [0.1, 0.15) is 0 Å². The molecule has 1 heterocycles. The molecule has 2 rings (SSSR count). The topological polar surface area (TPSA) is 29.3 Å². The van der Waals surface area contributed by atoms with Gasteiger partial charge >= 0.3 is 0 Å². The van der Waals surface area contributed by atoms with E-state index in [4.69, 9.17) is 5.73 Å². The van der Waals surface area contributed by atoms with E-state index in [2.05, 4.69) is 55.4 Å².